The van der Waals surface area contributed by atoms with Crippen LogP contribution >= 0.6 is 0 Å². The maximum absolute atomic E-state index is 13.0. The summed E-state index contributed by atoms with van der Waals surface area (Å²) in [5, 5.41) is 3.11. The highest BCUT2D eigenvalue weighted by Crippen LogP contribution is 2.22. The van der Waals surface area contributed by atoms with Crippen LogP contribution in [-0.4, -0.2) is 62.4 Å². The van der Waals surface area contributed by atoms with Gasteiger partial charge >= 0.3 is 6.03 Å². The Bertz CT molecular complexity index is 1040. The van der Waals surface area contributed by atoms with Crippen LogP contribution in [0.3, 0.4) is 0 Å². The van der Waals surface area contributed by atoms with Gasteiger partial charge in [0.25, 0.3) is 5.91 Å². The molecule has 1 aromatic carbocycles. The largest absolute Gasteiger partial charge is 0.459 e. The molecular weight excluding hydrogens is 430 g/mol. The number of rotatable bonds is 5. The summed E-state index contributed by atoms with van der Waals surface area (Å²) in [4.78, 5) is 29.1. The van der Waals surface area contributed by atoms with Crippen LogP contribution in [0.1, 0.15) is 48.2 Å². The van der Waals surface area contributed by atoms with Gasteiger partial charge in [-0.15, -0.1) is 0 Å². The summed E-state index contributed by atoms with van der Waals surface area (Å²) in [6.45, 7) is 1.62. The van der Waals surface area contributed by atoms with E-state index >= 15 is 0 Å². The Labute approximate surface area is 188 Å². The molecule has 0 radical (unpaired) electrons. The molecule has 4 rings (SSSR count). The van der Waals surface area contributed by atoms with Gasteiger partial charge in [0, 0.05) is 37.8 Å². The lowest BCUT2D eigenvalue weighted by atomic mass is 9.96. The number of sulfone groups is 1. The van der Waals surface area contributed by atoms with E-state index in [0.29, 0.717) is 31.7 Å². The predicted molar refractivity (Wildman–Crippen MR) is 119 cm³/mol. The van der Waals surface area contributed by atoms with Crippen molar-refractivity contribution in [2.45, 2.75) is 48.8 Å². The summed E-state index contributed by atoms with van der Waals surface area (Å²) in [5.41, 5.74) is 0.344. The molecule has 2 heterocycles. The van der Waals surface area contributed by atoms with Crippen LogP contribution in [0.15, 0.2) is 52.0 Å². The number of nitrogens with zero attached hydrogens (tertiary/aromatic N) is 2. The van der Waals surface area contributed by atoms with E-state index in [0.717, 1.165) is 25.7 Å². The topological polar surface area (TPSA) is 99.9 Å². The molecule has 0 bridgehead atoms. The van der Waals surface area contributed by atoms with Gasteiger partial charge in [-0.25, -0.2) is 13.2 Å². The molecule has 0 atom stereocenters. The number of furan rings is 1. The van der Waals surface area contributed by atoms with Gasteiger partial charge < -0.3 is 19.5 Å². The van der Waals surface area contributed by atoms with E-state index in [9.17, 15) is 18.0 Å². The Morgan fingerprint density at radius 1 is 0.938 bits per heavy atom. The first-order chi connectivity index (χ1) is 15.4. The zero-order valence-corrected chi connectivity index (χ0v) is 18.9. The zero-order valence-electron chi connectivity index (χ0n) is 18.0. The Balaban J connectivity index is 1.35. The molecule has 2 aromatic rings. The molecule has 1 aliphatic heterocycles. The van der Waals surface area contributed by atoms with Crippen molar-refractivity contribution in [1.29, 1.82) is 0 Å². The number of urea groups is 1. The summed E-state index contributed by atoms with van der Waals surface area (Å²) in [5.74, 6) is -0.608. The van der Waals surface area contributed by atoms with E-state index in [-0.39, 0.29) is 34.4 Å². The third kappa shape index (κ3) is 5.15. The zero-order chi connectivity index (χ0) is 22.6. The number of piperazine rings is 1. The molecule has 1 N–H and O–H groups in total. The van der Waals surface area contributed by atoms with Gasteiger partial charge in [0.2, 0.25) is 0 Å². The van der Waals surface area contributed by atoms with Crippen molar-refractivity contribution in [3.05, 3.63) is 54.0 Å². The van der Waals surface area contributed by atoms with Gasteiger partial charge in [-0.3, -0.25) is 4.79 Å². The number of carbonyl (C=O) groups is 2. The van der Waals surface area contributed by atoms with Gasteiger partial charge in [-0.05, 0) is 31.0 Å². The first-order valence-corrected chi connectivity index (χ1v) is 12.8. The predicted octanol–water partition coefficient (Wildman–Crippen LogP) is 3.05. The first kappa shape index (κ1) is 22.4. The average Bonchev–Trinajstić information content (AvgIpc) is 3.27. The van der Waals surface area contributed by atoms with Crippen LogP contribution in [0, 0.1) is 0 Å². The van der Waals surface area contributed by atoms with Gasteiger partial charge in [-0.2, -0.15) is 0 Å². The van der Waals surface area contributed by atoms with Crippen molar-refractivity contribution in [1.82, 2.24) is 15.1 Å². The van der Waals surface area contributed by atoms with E-state index < -0.39 is 9.84 Å². The molecule has 1 saturated carbocycles. The smallest absolute Gasteiger partial charge is 0.317 e. The standard InChI is InChI=1S/C23H29N3O5S/c27-22(21-18(11-16-31-21)17-32(29,30)20-9-5-2-6-10-20)25-12-14-26(15-13-25)23(28)24-19-7-3-1-4-8-19/h2,5-6,9-11,16,19H,1,3-4,7-8,12-15,17H2,(H,24,28). The number of benzene rings is 1. The highest BCUT2D eigenvalue weighted by atomic mass is 32.2. The fourth-order valence-electron chi connectivity index (χ4n) is 4.32. The lowest BCUT2D eigenvalue weighted by Crippen LogP contribution is -2.54. The Morgan fingerprint density at radius 3 is 2.28 bits per heavy atom. The molecule has 2 aliphatic rings. The second kappa shape index (κ2) is 9.77. The third-order valence-corrected chi connectivity index (χ3v) is 7.86. The third-order valence-electron chi connectivity index (χ3n) is 6.18. The maximum Gasteiger partial charge on any atom is 0.317 e. The van der Waals surface area contributed by atoms with Crippen molar-refractivity contribution in [3.63, 3.8) is 0 Å². The number of hydrogen-bond donors (Lipinski definition) is 1. The minimum absolute atomic E-state index is 0.0459. The molecular formula is C23H29N3O5S. The molecule has 1 aromatic heterocycles. The SMILES string of the molecule is O=C(NC1CCCCC1)N1CCN(C(=O)c2occc2CS(=O)(=O)c2ccccc2)CC1. The molecule has 9 heteroatoms. The van der Waals surface area contributed by atoms with Gasteiger partial charge in [0.05, 0.1) is 16.9 Å². The van der Waals surface area contributed by atoms with Crippen molar-refractivity contribution >= 4 is 21.8 Å². The summed E-state index contributed by atoms with van der Waals surface area (Å²) < 4.78 is 30.8. The second-order valence-corrected chi connectivity index (χ2v) is 10.4. The van der Waals surface area contributed by atoms with Gasteiger partial charge in [0.1, 0.15) is 0 Å². The summed E-state index contributed by atoms with van der Waals surface area (Å²) in [7, 11) is -3.60. The van der Waals surface area contributed by atoms with Crippen LogP contribution in [0.25, 0.3) is 0 Å². The molecule has 172 valence electrons. The highest BCUT2D eigenvalue weighted by Gasteiger charge is 2.30. The number of nitrogens with one attached hydrogen (secondary N) is 1. The van der Waals surface area contributed by atoms with Gasteiger partial charge in [-0.1, -0.05) is 37.5 Å². The lowest BCUT2D eigenvalue weighted by Gasteiger charge is -2.35. The van der Waals surface area contributed by atoms with Crippen molar-refractivity contribution < 1.29 is 22.4 Å². The quantitative estimate of drug-likeness (QED) is 0.741. The minimum Gasteiger partial charge on any atom is -0.459 e. The highest BCUT2D eigenvalue weighted by molar-refractivity contribution is 7.90. The monoisotopic (exact) mass is 459 g/mol. The molecule has 32 heavy (non-hydrogen) atoms. The van der Waals surface area contributed by atoms with Crippen LogP contribution in [0.5, 0.6) is 0 Å². The second-order valence-electron chi connectivity index (χ2n) is 8.41. The minimum atomic E-state index is -3.60. The van der Waals surface area contributed by atoms with E-state index in [4.69, 9.17) is 4.42 Å². The van der Waals surface area contributed by atoms with E-state index in [1.54, 1.807) is 28.0 Å². The normalized spacial score (nSPS) is 17.9. The average molecular weight is 460 g/mol. The number of amides is 3. The molecule has 1 aliphatic carbocycles. The molecule has 0 spiro atoms. The maximum atomic E-state index is 13.0. The number of carbonyl (C=O) groups excluding carboxylic acids is 2. The summed E-state index contributed by atoms with van der Waals surface area (Å²) in [6, 6.07) is 9.85. The van der Waals surface area contributed by atoms with E-state index in [2.05, 4.69) is 5.32 Å². The van der Waals surface area contributed by atoms with Crippen LogP contribution in [0.2, 0.25) is 0 Å². The fraction of sp³-hybridized carbons (Fsp3) is 0.478. The van der Waals surface area contributed by atoms with E-state index in [1.807, 2.05) is 0 Å². The molecule has 1 saturated heterocycles. The lowest BCUT2D eigenvalue weighted by molar-refractivity contribution is 0.0630. The van der Waals surface area contributed by atoms with Gasteiger partial charge in [0.15, 0.2) is 15.6 Å². The number of hydrogen-bond acceptors (Lipinski definition) is 5. The summed E-state index contributed by atoms with van der Waals surface area (Å²) in [6.07, 6.45) is 6.93. The molecule has 8 nitrogen and oxygen atoms in total. The molecule has 2 fully saturated rings. The van der Waals surface area contributed by atoms with Crippen LogP contribution in [0.4, 0.5) is 4.79 Å². The van der Waals surface area contributed by atoms with Crippen molar-refractivity contribution in [2.75, 3.05) is 26.2 Å². The Morgan fingerprint density at radius 2 is 1.59 bits per heavy atom. The Kier molecular flexibility index (Phi) is 6.83. The van der Waals surface area contributed by atoms with Crippen molar-refractivity contribution in [2.24, 2.45) is 0 Å². The van der Waals surface area contributed by atoms with Crippen molar-refractivity contribution in [3.8, 4) is 0 Å². The molecule has 3 amide bonds. The fourth-order valence-corrected chi connectivity index (χ4v) is 5.70. The Hall–Kier alpha value is -2.81. The first-order valence-electron chi connectivity index (χ1n) is 11.1. The van der Waals surface area contributed by atoms with Crippen LogP contribution < -0.4 is 5.32 Å². The molecule has 0 unspecified atom stereocenters. The summed E-state index contributed by atoms with van der Waals surface area (Å²) >= 11 is 0. The van der Waals surface area contributed by atoms with Crippen LogP contribution in [-0.2, 0) is 15.6 Å². The van der Waals surface area contributed by atoms with E-state index in [1.165, 1.54) is 30.9 Å².